The normalized spacial score (nSPS) is 16.7. The molecule has 1 aliphatic heterocycles. The molecule has 0 saturated heterocycles. The zero-order chi connectivity index (χ0) is 26.5. The van der Waals surface area contributed by atoms with E-state index in [9.17, 15) is 19.5 Å². The maximum absolute atomic E-state index is 13.2. The molecule has 37 heavy (non-hydrogen) atoms. The number of hydrogen-bond acceptors (Lipinski definition) is 5. The lowest BCUT2D eigenvalue weighted by Gasteiger charge is -2.22. The third kappa shape index (κ3) is 10.1. The van der Waals surface area contributed by atoms with E-state index in [4.69, 9.17) is 21.1 Å². The van der Waals surface area contributed by atoms with Crippen LogP contribution in [0.5, 0.6) is 5.75 Å². The van der Waals surface area contributed by atoms with Crippen LogP contribution in [0.3, 0.4) is 0 Å². The number of ether oxygens (including phenoxy) is 2. The summed E-state index contributed by atoms with van der Waals surface area (Å²) in [6.45, 7) is 1.88. The smallest absolute Gasteiger partial charge is 0.304 e. The van der Waals surface area contributed by atoms with E-state index in [0.717, 1.165) is 5.56 Å². The van der Waals surface area contributed by atoms with Crippen LogP contribution in [0, 0.1) is 5.92 Å². The first-order chi connectivity index (χ1) is 17.9. The van der Waals surface area contributed by atoms with Crippen molar-refractivity contribution in [3.05, 3.63) is 77.6 Å². The van der Waals surface area contributed by atoms with Gasteiger partial charge < -0.3 is 29.8 Å². The third-order valence-electron chi connectivity index (χ3n) is 5.71. The van der Waals surface area contributed by atoms with Crippen LogP contribution in [0.2, 0.25) is 5.02 Å². The minimum atomic E-state index is -1.11. The van der Waals surface area contributed by atoms with Crippen molar-refractivity contribution in [2.75, 3.05) is 26.4 Å². The maximum Gasteiger partial charge on any atom is 0.304 e. The minimum absolute atomic E-state index is 0.128. The lowest BCUT2D eigenvalue weighted by atomic mass is 9.99. The molecule has 2 bridgehead atoms. The molecule has 3 rings (SSSR count). The van der Waals surface area contributed by atoms with E-state index in [-0.39, 0.29) is 31.8 Å². The van der Waals surface area contributed by atoms with Crippen molar-refractivity contribution in [3.8, 4) is 5.75 Å². The summed E-state index contributed by atoms with van der Waals surface area (Å²) in [5.41, 5.74) is 0.818. The van der Waals surface area contributed by atoms with Crippen LogP contribution in [0.1, 0.15) is 18.4 Å². The number of nitrogens with zero attached hydrogens (tertiary/aromatic N) is 1. The van der Waals surface area contributed by atoms with Crippen LogP contribution in [-0.2, 0) is 32.1 Å². The number of benzene rings is 1. The summed E-state index contributed by atoms with van der Waals surface area (Å²) in [5.74, 6) is -2.31. The van der Waals surface area contributed by atoms with Gasteiger partial charge in [0.2, 0.25) is 11.8 Å². The SMILES string of the molecule is O=C(O)C[C@@H](CCOc1ccc(Cl)cc1)C(=O)NC1Cc2ccccccn(c2)CCOCCNC1=O. The monoisotopic (exact) mass is 529 g/mol. The van der Waals surface area contributed by atoms with Gasteiger partial charge in [-0.15, -0.1) is 0 Å². The topological polar surface area (TPSA) is 119 Å². The van der Waals surface area contributed by atoms with Crippen LogP contribution in [0.25, 0.3) is 0 Å². The van der Waals surface area contributed by atoms with Gasteiger partial charge in [0.1, 0.15) is 11.8 Å². The molecular formula is C27H32ClN3O6. The number of carboxylic acids is 1. The number of carboxylic acid groups (broad SMARTS) is 1. The Kier molecular flexibility index (Phi) is 11.3. The van der Waals surface area contributed by atoms with Crippen LogP contribution in [0.4, 0.5) is 0 Å². The number of carbonyl (C=O) groups is 3. The fourth-order valence-corrected chi connectivity index (χ4v) is 3.92. The Labute approximate surface area is 221 Å². The number of rotatable bonds is 8. The Bertz CT molecular complexity index is 1100. The maximum atomic E-state index is 13.2. The molecule has 1 aliphatic rings. The predicted octanol–water partition coefficient (Wildman–Crippen LogP) is 3.00. The molecule has 0 aliphatic carbocycles. The Morgan fingerprint density at radius 2 is 1.95 bits per heavy atom. The Hall–Kier alpha value is -3.56. The molecule has 9 nitrogen and oxygen atoms in total. The van der Waals surface area contributed by atoms with Crippen molar-refractivity contribution < 1.29 is 29.0 Å². The molecule has 2 aromatic rings. The second-order valence-corrected chi connectivity index (χ2v) is 9.02. The highest BCUT2D eigenvalue weighted by Gasteiger charge is 2.27. The van der Waals surface area contributed by atoms with Crippen LogP contribution >= 0.6 is 11.6 Å². The molecule has 1 aromatic carbocycles. The van der Waals surface area contributed by atoms with Crippen LogP contribution < -0.4 is 15.4 Å². The van der Waals surface area contributed by atoms with E-state index in [1.165, 1.54) is 0 Å². The second-order valence-electron chi connectivity index (χ2n) is 8.58. The number of aliphatic carboxylic acids is 1. The quantitative estimate of drug-likeness (QED) is 0.484. The van der Waals surface area contributed by atoms with Gasteiger partial charge in [-0.05, 0) is 42.3 Å². The second kappa shape index (κ2) is 14.9. The zero-order valence-corrected chi connectivity index (χ0v) is 21.2. The molecule has 2 atom stereocenters. The zero-order valence-electron chi connectivity index (χ0n) is 20.5. The first-order valence-electron chi connectivity index (χ1n) is 12.1. The van der Waals surface area contributed by atoms with Crippen LogP contribution in [-0.4, -0.2) is 59.9 Å². The largest absolute Gasteiger partial charge is 0.494 e. The van der Waals surface area contributed by atoms with Gasteiger partial charge in [-0.2, -0.15) is 0 Å². The van der Waals surface area contributed by atoms with Crippen LogP contribution in [0.15, 0.2) is 67.0 Å². The van der Waals surface area contributed by atoms with Gasteiger partial charge in [-0.3, -0.25) is 14.4 Å². The van der Waals surface area contributed by atoms with E-state index in [1.807, 2.05) is 47.3 Å². The highest BCUT2D eigenvalue weighted by Crippen LogP contribution is 2.17. The summed E-state index contributed by atoms with van der Waals surface area (Å²) in [4.78, 5) is 37.7. The molecule has 0 radical (unpaired) electrons. The van der Waals surface area contributed by atoms with E-state index in [0.29, 0.717) is 37.1 Å². The van der Waals surface area contributed by atoms with Gasteiger partial charge in [-0.1, -0.05) is 35.9 Å². The number of nitrogens with one attached hydrogen (secondary N) is 2. The standard InChI is InChI=1S/C27H32ClN3O6/c28-22-6-8-23(9-7-22)37-14-10-21(18-25(32)33)26(34)30-24-17-20-5-3-1-2-4-12-31(19-20)13-16-36-15-11-29-27(24)35/h1-9,12,19,21,24H,10-11,13-18H2,(H,29,35)(H,30,34)(H,32,33)/t21-,24?/m1/s1. The van der Waals surface area contributed by atoms with Gasteiger partial charge in [0, 0.05) is 36.9 Å². The number of halogens is 1. The lowest BCUT2D eigenvalue weighted by Crippen LogP contribution is -2.50. The van der Waals surface area contributed by atoms with Gasteiger partial charge >= 0.3 is 5.97 Å². The molecule has 2 heterocycles. The van der Waals surface area contributed by atoms with Crippen molar-refractivity contribution in [1.29, 1.82) is 0 Å². The van der Waals surface area contributed by atoms with E-state index in [1.54, 1.807) is 24.3 Å². The number of carbonyl (C=O) groups excluding carboxylic acids is 2. The van der Waals surface area contributed by atoms with Crippen molar-refractivity contribution in [3.63, 3.8) is 0 Å². The van der Waals surface area contributed by atoms with E-state index < -0.39 is 23.8 Å². The third-order valence-corrected chi connectivity index (χ3v) is 5.96. The Morgan fingerprint density at radius 3 is 2.73 bits per heavy atom. The van der Waals surface area contributed by atoms with Gasteiger partial charge in [0.15, 0.2) is 0 Å². The molecule has 2 amide bonds. The van der Waals surface area contributed by atoms with Crippen molar-refractivity contribution in [2.45, 2.75) is 31.8 Å². The van der Waals surface area contributed by atoms with Gasteiger partial charge in [0.25, 0.3) is 0 Å². The number of hydrogen-bond donors (Lipinski definition) is 3. The summed E-state index contributed by atoms with van der Waals surface area (Å²) in [6, 6.07) is 15.3. The first kappa shape index (κ1) is 28.0. The average molecular weight is 530 g/mol. The minimum Gasteiger partial charge on any atom is -0.494 e. The van der Waals surface area contributed by atoms with Gasteiger partial charge in [0.05, 0.1) is 32.2 Å². The lowest BCUT2D eigenvalue weighted by molar-refractivity contribution is -0.141. The van der Waals surface area contributed by atoms with E-state index in [2.05, 4.69) is 10.6 Å². The molecule has 3 N–H and O–H groups in total. The van der Waals surface area contributed by atoms with Gasteiger partial charge in [-0.25, -0.2) is 0 Å². The summed E-state index contributed by atoms with van der Waals surface area (Å²) >= 11 is 5.88. The van der Waals surface area contributed by atoms with E-state index >= 15 is 0 Å². The Morgan fingerprint density at radius 1 is 1.16 bits per heavy atom. The number of fused-ring (bicyclic) bond motifs is 2. The number of aromatic nitrogens is 1. The molecule has 1 aromatic heterocycles. The first-order valence-corrected chi connectivity index (χ1v) is 12.5. The molecule has 1 unspecified atom stereocenters. The highest BCUT2D eigenvalue weighted by molar-refractivity contribution is 6.30. The summed E-state index contributed by atoms with van der Waals surface area (Å²) < 4.78 is 13.2. The molecule has 0 fully saturated rings. The highest BCUT2D eigenvalue weighted by atomic mass is 35.5. The Balaban J connectivity index is 1.76. The van der Waals surface area contributed by atoms with Crippen molar-refractivity contribution in [1.82, 2.24) is 15.2 Å². The molecule has 0 spiro atoms. The molecular weight excluding hydrogens is 498 g/mol. The fraction of sp³-hybridized carbons (Fsp3) is 0.370. The average Bonchev–Trinajstić information content (AvgIpc) is 2.97. The summed E-state index contributed by atoms with van der Waals surface area (Å²) in [7, 11) is 0. The molecule has 10 heteroatoms. The molecule has 0 saturated carbocycles. The molecule has 198 valence electrons. The summed E-state index contributed by atoms with van der Waals surface area (Å²) in [5, 5.41) is 15.5. The summed E-state index contributed by atoms with van der Waals surface area (Å²) in [6.07, 6.45) is 3.83. The fourth-order valence-electron chi connectivity index (χ4n) is 3.79. The predicted molar refractivity (Wildman–Crippen MR) is 139 cm³/mol. The van der Waals surface area contributed by atoms with Crippen molar-refractivity contribution in [2.24, 2.45) is 5.92 Å². The van der Waals surface area contributed by atoms with Crippen molar-refractivity contribution >= 4 is 29.4 Å². The number of amides is 2.